The summed E-state index contributed by atoms with van der Waals surface area (Å²) in [6.07, 6.45) is 5.61. The van der Waals surface area contributed by atoms with Crippen LogP contribution in [0.3, 0.4) is 0 Å². The lowest BCUT2D eigenvalue weighted by atomic mass is 9.76. The van der Waals surface area contributed by atoms with Crippen molar-refractivity contribution in [3.8, 4) is 22.9 Å². The minimum Gasteiger partial charge on any atom is -0.490 e. The summed E-state index contributed by atoms with van der Waals surface area (Å²) in [6, 6.07) is 23.0. The van der Waals surface area contributed by atoms with Gasteiger partial charge in [0.2, 0.25) is 5.13 Å². The second kappa shape index (κ2) is 14.0. The number of allylic oxidation sites excluding steroid dienone is 2. The normalized spacial score (nSPS) is 19.2. The summed E-state index contributed by atoms with van der Waals surface area (Å²) in [5, 5.41) is 7.32. The summed E-state index contributed by atoms with van der Waals surface area (Å²) in [6.45, 7) is 7.46. The monoisotopic (exact) mass is 662 g/mol. The van der Waals surface area contributed by atoms with Gasteiger partial charge in [0.1, 0.15) is 0 Å². The number of ether oxygens (including phenoxy) is 2. The van der Waals surface area contributed by atoms with Crippen LogP contribution in [0.25, 0.3) is 11.4 Å². The minimum atomic E-state index is -0.223. The smallest absolute Gasteiger partial charge is 0.253 e. The van der Waals surface area contributed by atoms with Gasteiger partial charge in [-0.15, -0.1) is 0 Å². The number of hydrazone groups is 1. The topological polar surface area (TPSA) is 100 Å². The lowest BCUT2D eigenvalue weighted by molar-refractivity contribution is -0.123. The molecule has 1 aromatic heterocycles. The third-order valence-corrected chi connectivity index (χ3v) is 9.78. The average molecular weight is 663 g/mol. The van der Waals surface area contributed by atoms with E-state index in [1.54, 1.807) is 12.1 Å². The Morgan fingerprint density at radius 2 is 1.54 bits per heavy atom. The number of piperazine rings is 1. The van der Waals surface area contributed by atoms with Crippen molar-refractivity contribution in [1.82, 2.24) is 14.3 Å². The molecule has 0 N–H and O–H groups in total. The zero-order valence-electron chi connectivity index (χ0n) is 27.1. The standard InChI is InChI=1S/C37H38N6O4S/c1-3-46-31-19-16-27(24-32(31)47-4-2)33-29-12-8-9-13-30(29)36(45)43(39-33)28-17-14-26(15-18-28)35(44)41-20-22-42(23-21-41)37-38-34(40-48-37)25-10-6-5-7-11-25/h5-11,14-19,24,29-30H,3-4,12-13,20-23H2,1-2H3/t29-,30+/m0/s1. The maximum Gasteiger partial charge on any atom is 0.253 e. The quantitative estimate of drug-likeness (QED) is 0.194. The predicted octanol–water partition coefficient (Wildman–Crippen LogP) is 6.30. The fraction of sp³-hybridized carbons (Fsp3) is 0.324. The van der Waals surface area contributed by atoms with E-state index in [0.29, 0.717) is 68.6 Å². The molecule has 4 aromatic rings. The van der Waals surface area contributed by atoms with E-state index in [9.17, 15) is 9.59 Å². The molecule has 0 radical (unpaired) electrons. The molecule has 3 aliphatic rings. The highest BCUT2D eigenvalue weighted by molar-refractivity contribution is 7.09. The number of hydrogen-bond donors (Lipinski definition) is 0. The van der Waals surface area contributed by atoms with E-state index >= 15 is 0 Å². The Labute approximate surface area is 284 Å². The van der Waals surface area contributed by atoms with Crippen LogP contribution in [0.2, 0.25) is 0 Å². The van der Waals surface area contributed by atoms with Gasteiger partial charge in [0.25, 0.3) is 11.8 Å². The highest BCUT2D eigenvalue weighted by Gasteiger charge is 2.41. The van der Waals surface area contributed by atoms with E-state index < -0.39 is 0 Å². The van der Waals surface area contributed by atoms with Crippen molar-refractivity contribution < 1.29 is 19.1 Å². The Bertz CT molecular complexity index is 1830. The molecule has 2 aliphatic heterocycles. The number of anilines is 2. The molecule has 2 amide bonds. The van der Waals surface area contributed by atoms with Gasteiger partial charge in [-0.25, -0.2) is 5.01 Å². The van der Waals surface area contributed by atoms with Crippen LogP contribution in [-0.2, 0) is 4.79 Å². The number of rotatable bonds is 9. The summed E-state index contributed by atoms with van der Waals surface area (Å²) in [4.78, 5) is 36.1. The lowest BCUT2D eigenvalue weighted by Gasteiger charge is -2.37. The number of nitrogens with zero attached hydrogens (tertiary/aromatic N) is 6. The number of amides is 2. The van der Waals surface area contributed by atoms with E-state index in [0.717, 1.165) is 34.2 Å². The van der Waals surface area contributed by atoms with Gasteiger partial charge in [0.05, 0.1) is 30.5 Å². The number of benzene rings is 3. The van der Waals surface area contributed by atoms with Gasteiger partial charge < -0.3 is 19.3 Å². The van der Waals surface area contributed by atoms with Gasteiger partial charge in [0.15, 0.2) is 17.3 Å². The molecule has 246 valence electrons. The molecule has 3 aromatic carbocycles. The van der Waals surface area contributed by atoms with Gasteiger partial charge in [-0.05, 0) is 69.2 Å². The molecule has 11 heteroatoms. The largest absolute Gasteiger partial charge is 0.490 e. The third kappa shape index (κ3) is 6.29. The predicted molar refractivity (Wildman–Crippen MR) is 188 cm³/mol. The van der Waals surface area contributed by atoms with Crippen molar-refractivity contribution in [2.24, 2.45) is 16.9 Å². The maximum atomic E-state index is 13.8. The van der Waals surface area contributed by atoms with E-state index in [2.05, 4.69) is 21.4 Å². The van der Waals surface area contributed by atoms with E-state index in [1.807, 2.05) is 79.4 Å². The van der Waals surface area contributed by atoms with Gasteiger partial charge in [-0.1, -0.05) is 42.5 Å². The Balaban J connectivity index is 1.07. The summed E-state index contributed by atoms with van der Waals surface area (Å²) < 4.78 is 16.2. The highest BCUT2D eigenvalue weighted by atomic mass is 32.1. The first-order chi connectivity index (χ1) is 23.5. The zero-order valence-corrected chi connectivity index (χ0v) is 27.9. The van der Waals surface area contributed by atoms with Gasteiger partial charge in [0, 0.05) is 60.3 Å². The van der Waals surface area contributed by atoms with Crippen LogP contribution < -0.4 is 19.4 Å². The second-order valence-corrected chi connectivity index (χ2v) is 12.6. The van der Waals surface area contributed by atoms with Gasteiger partial charge in [-0.3, -0.25) is 9.59 Å². The summed E-state index contributed by atoms with van der Waals surface area (Å²) in [7, 11) is 0. The molecule has 0 spiro atoms. The van der Waals surface area contributed by atoms with Crippen LogP contribution in [0, 0.1) is 11.8 Å². The van der Waals surface area contributed by atoms with Crippen molar-refractivity contribution in [2.75, 3.05) is 49.3 Å². The molecule has 3 heterocycles. The van der Waals surface area contributed by atoms with E-state index in [4.69, 9.17) is 19.6 Å². The third-order valence-electron chi connectivity index (χ3n) is 9.00. The molecule has 1 aliphatic carbocycles. The molecule has 7 rings (SSSR count). The summed E-state index contributed by atoms with van der Waals surface area (Å²) in [5.41, 5.74) is 3.95. The van der Waals surface area contributed by atoms with Gasteiger partial charge >= 0.3 is 0 Å². The number of fused-ring (bicyclic) bond motifs is 1. The van der Waals surface area contributed by atoms with Crippen molar-refractivity contribution in [3.63, 3.8) is 0 Å². The van der Waals surface area contributed by atoms with Crippen LogP contribution in [0.15, 0.2) is 90.0 Å². The molecule has 10 nitrogen and oxygen atoms in total. The molecule has 48 heavy (non-hydrogen) atoms. The zero-order chi connectivity index (χ0) is 33.0. The molecule has 0 unspecified atom stereocenters. The van der Waals surface area contributed by atoms with Crippen LogP contribution >= 0.6 is 11.5 Å². The SMILES string of the molecule is CCOc1ccc(C2=NN(c3ccc(C(=O)N4CCN(c5nc(-c6ccccc6)ns5)CC4)cc3)C(=O)[C@@H]3CC=CC[C@H]23)cc1OCC. The number of hydrogen-bond acceptors (Lipinski definition) is 9. The first-order valence-electron chi connectivity index (χ1n) is 16.5. The van der Waals surface area contributed by atoms with Crippen molar-refractivity contribution >= 4 is 39.9 Å². The fourth-order valence-corrected chi connectivity index (χ4v) is 7.26. The molecule has 1 fully saturated rings. The molecule has 0 bridgehead atoms. The van der Waals surface area contributed by atoms with E-state index in [-0.39, 0.29) is 23.7 Å². The Kier molecular flexibility index (Phi) is 9.20. The summed E-state index contributed by atoms with van der Waals surface area (Å²) in [5.74, 6) is 1.75. The Morgan fingerprint density at radius 1 is 0.833 bits per heavy atom. The summed E-state index contributed by atoms with van der Waals surface area (Å²) >= 11 is 1.39. The van der Waals surface area contributed by atoms with Crippen LogP contribution in [-0.4, -0.2) is 71.2 Å². The van der Waals surface area contributed by atoms with E-state index in [1.165, 1.54) is 16.5 Å². The number of carbonyl (C=O) groups is 2. The van der Waals surface area contributed by atoms with Crippen LogP contribution in [0.1, 0.15) is 42.6 Å². The molecular weight excluding hydrogens is 625 g/mol. The first kappa shape index (κ1) is 31.6. The highest BCUT2D eigenvalue weighted by Crippen LogP contribution is 2.38. The maximum absolute atomic E-state index is 13.8. The lowest BCUT2D eigenvalue weighted by Crippen LogP contribution is -2.48. The van der Waals surface area contributed by atoms with Gasteiger partial charge in [-0.2, -0.15) is 14.5 Å². The van der Waals surface area contributed by atoms with Crippen LogP contribution in [0.4, 0.5) is 10.8 Å². The molecule has 1 saturated heterocycles. The van der Waals surface area contributed by atoms with Crippen LogP contribution in [0.5, 0.6) is 11.5 Å². The molecule has 0 saturated carbocycles. The molecule has 2 atom stereocenters. The number of aromatic nitrogens is 2. The Morgan fingerprint density at radius 3 is 2.27 bits per heavy atom. The van der Waals surface area contributed by atoms with Crippen molar-refractivity contribution in [1.29, 1.82) is 0 Å². The second-order valence-electron chi connectivity index (χ2n) is 11.9. The van der Waals surface area contributed by atoms with Crippen molar-refractivity contribution in [3.05, 3.63) is 96.1 Å². The minimum absolute atomic E-state index is 0.0317. The average Bonchev–Trinajstić information content (AvgIpc) is 3.64. The Hall–Kier alpha value is -5.03. The van der Waals surface area contributed by atoms with Crippen molar-refractivity contribution in [2.45, 2.75) is 26.7 Å². The first-order valence-corrected chi connectivity index (χ1v) is 17.3. The molecular formula is C37H38N6O4S. The fourth-order valence-electron chi connectivity index (χ4n) is 6.52. The number of carbonyl (C=O) groups excluding carboxylic acids is 2.